The number of carbonyl (C=O) groups excluding carboxylic acids is 1. The molecule has 0 fully saturated rings. The molecule has 0 saturated carbocycles. The number of halogens is 1. The van der Waals surface area contributed by atoms with E-state index in [9.17, 15) is 13.2 Å². The number of hydrogen-bond donors (Lipinski definition) is 1. The van der Waals surface area contributed by atoms with E-state index in [1.165, 1.54) is 28.6 Å². The van der Waals surface area contributed by atoms with E-state index in [1.807, 2.05) is 49.4 Å². The van der Waals surface area contributed by atoms with Gasteiger partial charge in [0.1, 0.15) is 6.54 Å². The third-order valence-corrected chi connectivity index (χ3v) is 7.34. The summed E-state index contributed by atoms with van der Waals surface area (Å²) in [6.45, 7) is 5.67. The number of rotatable bonds is 9. The number of anilines is 1. The topological polar surface area (TPSA) is 66.5 Å². The van der Waals surface area contributed by atoms with Crippen molar-refractivity contribution in [3.8, 4) is 0 Å². The van der Waals surface area contributed by atoms with E-state index in [2.05, 4.69) is 19.2 Å². The molecule has 0 aliphatic carbocycles. The Morgan fingerprint density at radius 1 is 0.939 bits per heavy atom. The Bertz CT molecular complexity index is 1180. The molecule has 0 aliphatic rings. The average molecular weight is 485 g/mol. The smallest absolute Gasteiger partial charge is 0.264 e. The molecule has 1 atom stereocenters. The van der Waals surface area contributed by atoms with Crippen LogP contribution in [0.25, 0.3) is 0 Å². The van der Waals surface area contributed by atoms with Crippen LogP contribution in [0.4, 0.5) is 5.69 Å². The third-order valence-electron chi connectivity index (χ3n) is 5.32. The lowest BCUT2D eigenvalue weighted by molar-refractivity contribution is -0.120. The van der Waals surface area contributed by atoms with E-state index in [0.29, 0.717) is 16.6 Å². The highest BCUT2D eigenvalue weighted by molar-refractivity contribution is 7.92. The summed E-state index contributed by atoms with van der Waals surface area (Å²) in [7, 11) is -4.00. The van der Waals surface area contributed by atoms with Gasteiger partial charge in [-0.05, 0) is 60.7 Å². The fraction of sp³-hybridized carbons (Fsp3) is 0.269. The van der Waals surface area contributed by atoms with Crippen molar-refractivity contribution in [1.29, 1.82) is 0 Å². The van der Waals surface area contributed by atoms with Crippen LogP contribution in [0.15, 0.2) is 83.8 Å². The minimum absolute atomic E-state index is 0.0738. The molecule has 5 nitrogen and oxygen atoms in total. The molecule has 0 radical (unpaired) electrons. The van der Waals surface area contributed by atoms with Gasteiger partial charge in [-0.15, -0.1) is 0 Å². The van der Waals surface area contributed by atoms with E-state index in [1.54, 1.807) is 12.1 Å². The Morgan fingerprint density at radius 3 is 2.15 bits per heavy atom. The van der Waals surface area contributed by atoms with Gasteiger partial charge in [-0.2, -0.15) is 0 Å². The normalized spacial score (nSPS) is 12.4. The van der Waals surface area contributed by atoms with Gasteiger partial charge in [-0.1, -0.05) is 74.0 Å². The number of amides is 1. The first-order chi connectivity index (χ1) is 15.7. The van der Waals surface area contributed by atoms with Crippen molar-refractivity contribution < 1.29 is 13.2 Å². The molecule has 7 heteroatoms. The molecule has 1 N–H and O–H groups in total. The first-order valence-corrected chi connectivity index (χ1v) is 12.7. The predicted molar refractivity (Wildman–Crippen MR) is 134 cm³/mol. The standard InChI is InChI=1S/C26H29ClN2O3S/c1-19(2)17-24(21-10-5-4-6-11-21)28-26(30)18-29(25-12-8-7-9-20(25)3)33(31,32)23-15-13-22(27)14-16-23/h4-16,19,24H,17-18H2,1-3H3,(H,28,30)/t24-/m1/s1. The monoisotopic (exact) mass is 484 g/mol. The predicted octanol–water partition coefficient (Wildman–Crippen LogP) is 5.75. The van der Waals surface area contributed by atoms with Gasteiger partial charge < -0.3 is 5.32 Å². The van der Waals surface area contributed by atoms with E-state index in [4.69, 9.17) is 11.6 Å². The summed E-state index contributed by atoms with van der Waals surface area (Å²) in [5.74, 6) is -0.0222. The number of aryl methyl sites for hydroxylation is 1. The van der Waals surface area contributed by atoms with Crippen molar-refractivity contribution in [3.05, 3.63) is 95.0 Å². The second-order valence-electron chi connectivity index (χ2n) is 8.41. The molecule has 0 heterocycles. The van der Waals surface area contributed by atoms with Crippen LogP contribution in [0.2, 0.25) is 5.02 Å². The van der Waals surface area contributed by atoms with E-state index in [-0.39, 0.29) is 23.4 Å². The molecule has 0 bridgehead atoms. The Hall–Kier alpha value is -2.83. The number of nitrogens with one attached hydrogen (secondary N) is 1. The fourth-order valence-corrected chi connectivity index (χ4v) is 5.29. The summed E-state index contributed by atoms with van der Waals surface area (Å²) in [6, 6.07) is 22.6. The summed E-state index contributed by atoms with van der Waals surface area (Å²) in [5, 5.41) is 3.49. The minimum atomic E-state index is -4.00. The van der Waals surface area contributed by atoms with Gasteiger partial charge >= 0.3 is 0 Å². The number of nitrogens with zero attached hydrogens (tertiary/aromatic N) is 1. The van der Waals surface area contributed by atoms with Crippen molar-refractivity contribution in [2.75, 3.05) is 10.8 Å². The molecule has 0 unspecified atom stereocenters. The Morgan fingerprint density at radius 2 is 1.55 bits per heavy atom. The maximum atomic E-state index is 13.6. The van der Waals surface area contributed by atoms with Crippen LogP contribution in [-0.4, -0.2) is 20.9 Å². The van der Waals surface area contributed by atoms with Gasteiger partial charge in [0.2, 0.25) is 5.91 Å². The second-order valence-corrected chi connectivity index (χ2v) is 10.7. The highest BCUT2D eigenvalue weighted by atomic mass is 35.5. The molecule has 0 spiro atoms. The van der Waals surface area contributed by atoms with Gasteiger partial charge in [0.15, 0.2) is 0 Å². The minimum Gasteiger partial charge on any atom is -0.348 e. The molecule has 33 heavy (non-hydrogen) atoms. The summed E-state index contributed by atoms with van der Waals surface area (Å²) in [5.41, 5.74) is 2.20. The van der Waals surface area contributed by atoms with Gasteiger partial charge in [0.25, 0.3) is 10.0 Å². The molecule has 0 saturated heterocycles. The summed E-state index contributed by atoms with van der Waals surface area (Å²) >= 11 is 5.95. The Balaban J connectivity index is 1.94. The largest absolute Gasteiger partial charge is 0.348 e. The van der Waals surface area contributed by atoms with Crippen LogP contribution in [0.3, 0.4) is 0 Å². The Labute approximate surface area is 201 Å². The summed E-state index contributed by atoms with van der Waals surface area (Å²) in [6.07, 6.45) is 0.740. The lowest BCUT2D eigenvalue weighted by Crippen LogP contribution is -2.42. The first kappa shape index (κ1) is 24.8. The second kappa shape index (κ2) is 10.9. The van der Waals surface area contributed by atoms with Crippen LogP contribution < -0.4 is 9.62 Å². The Kier molecular flexibility index (Phi) is 8.16. The zero-order chi connectivity index (χ0) is 24.0. The lowest BCUT2D eigenvalue weighted by atomic mass is 9.97. The number of benzene rings is 3. The van der Waals surface area contributed by atoms with Crippen molar-refractivity contribution >= 4 is 33.2 Å². The highest BCUT2D eigenvalue weighted by Crippen LogP contribution is 2.28. The average Bonchev–Trinajstić information content (AvgIpc) is 2.78. The summed E-state index contributed by atoms with van der Waals surface area (Å²) in [4.78, 5) is 13.3. The number of carbonyl (C=O) groups is 1. The molecule has 1 amide bonds. The van der Waals surface area contributed by atoms with Gasteiger partial charge in [-0.25, -0.2) is 8.42 Å². The van der Waals surface area contributed by atoms with E-state index in [0.717, 1.165) is 17.5 Å². The van der Waals surface area contributed by atoms with Crippen LogP contribution in [0.5, 0.6) is 0 Å². The molecule has 0 aliphatic heterocycles. The molecular weight excluding hydrogens is 456 g/mol. The lowest BCUT2D eigenvalue weighted by Gasteiger charge is -2.27. The van der Waals surface area contributed by atoms with Gasteiger partial charge in [-0.3, -0.25) is 9.10 Å². The van der Waals surface area contributed by atoms with Crippen LogP contribution in [0, 0.1) is 12.8 Å². The molecule has 3 aromatic carbocycles. The van der Waals surface area contributed by atoms with Crippen molar-refractivity contribution in [2.45, 2.75) is 38.1 Å². The van der Waals surface area contributed by atoms with E-state index < -0.39 is 10.0 Å². The van der Waals surface area contributed by atoms with Gasteiger partial charge in [0, 0.05) is 5.02 Å². The molecule has 0 aromatic heterocycles. The van der Waals surface area contributed by atoms with Crippen molar-refractivity contribution in [2.24, 2.45) is 5.92 Å². The molecule has 3 rings (SSSR count). The highest BCUT2D eigenvalue weighted by Gasteiger charge is 2.29. The van der Waals surface area contributed by atoms with Crippen LogP contribution in [0.1, 0.15) is 37.4 Å². The van der Waals surface area contributed by atoms with Crippen molar-refractivity contribution in [1.82, 2.24) is 5.32 Å². The van der Waals surface area contributed by atoms with Gasteiger partial charge in [0.05, 0.1) is 16.6 Å². The number of hydrogen-bond acceptors (Lipinski definition) is 3. The number of sulfonamides is 1. The molecular formula is C26H29ClN2O3S. The zero-order valence-electron chi connectivity index (χ0n) is 19.0. The summed E-state index contributed by atoms with van der Waals surface area (Å²) < 4.78 is 28.3. The first-order valence-electron chi connectivity index (χ1n) is 10.9. The number of para-hydroxylation sites is 1. The SMILES string of the molecule is Cc1ccccc1N(CC(=O)N[C@H](CC(C)C)c1ccccc1)S(=O)(=O)c1ccc(Cl)cc1. The fourth-order valence-electron chi connectivity index (χ4n) is 3.68. The zero-order valence-corrected chi connectivity index (χ0v) is 20.6. The quantitative estimate of drug-likeness (QED) is 0.420. The maximum absolute atomic E-state index is 13.6. The molecule has 174 valence electrons. The van der Waals surface area contributed by atoms with Crippen LogP contribution >= 0.6 is 11.6 Å². The maximum Gasteiger partial charge on any atom is 0.264 e. The van der Waals surface area contributed by atoms with Crippen molar-refractivity contribution in [3.63, 3.8) is 0 Å². The third kappa shape index (κ3) is 6.36. The molecule has 3 aromatic rings. The van der Waals surface area contributed by atoms with Crippen LogP contribution in [-0.2, 0) is 14.8 Å². The van der Waals surface area contributed by atoms with E-state index >= 15 is 0 Å².